The van der Waals surface area contributed by atoms with Gasteiger partial charge in [0, 0.05) is 11.4 Å². The van der Waals surface area contributed by atoms with Crippen molar-refractivity contribution in [3.05, 3.63) is 16.6 Å². The zero-order valence-electron chi connectivity index (χ0n) is 9.09. The summed E-state index contributed by atoms with van der Waals surface area (Å²) in [7, 11) is 4.13. The third-order valence-electron chi connectivity index (χ3n) is 1.78. The maximum atomic E-state index is 4.42. The van der Waals surface area contributed by atoms with Crippen molar-refractivity contribution in [3.63, 3.8) is 0 Å². The second kappa shape index (κ2) is 3.76. The summed E-state index contributed by atoms with van der Waals surface area (Å²) in [6.45, 7) is 7.60. The summed E-state index contributed by atoms with van der Waals surface area (Å²) in [4.78, 5) is 3.51. The van der Waals surface area contributed by atoms with E-state index in [1.54, 1.807) is 11.5 Å². The molecular weight excluding hydrogens is 180 g/mol. The molecule has 0 saturated heterocycles. The molecule has 0 aliphatic heterocycles. The van der Waals surface area contributed by atoms with E-state index < -0.39 is 0 Å². The molecule has 1 rings (SSSR count). The third-order valence-corrected chi connectivity index (χ3v) is 3.03. The first-order valence-corrected chi connectivity index (χ1v) is 5.28. The van der Waals surface area contributed by atoms with Crippen LogP contribution in [0.2, 0.25) is 0 Å². The van der Waals surface area contributed by atoms with E-state index in [4.69, 9.17) is 0 Å². The van der Waals surface area contributed by atoms with E-state index in [0.29, 0.717) is 0 Å². The Labute approximate surface area is 84.7 Å². The van der Waals surface area contributed by atoms with Gasteiger partial charge in [0.1, 0.15) is 0 Å². The van der Waals surface area contributed by atoms with E-state index in [1.165, 1.54) is 10.6 Å². The normalized spacial score (nSPS) is 12.5. The molecule has 0 bridgehead atoms. The lowest BCUT2D eigenvalue weighted by atomic mass is 9.94. The smallest absolute Gasteiger partial charge is 0.0685 e. The van der Waals surface area contributed by atoms with Crippen LogP contribution in [0, 0.1) is 0 Å². The minimum atomic E-state index is 0.238. The molecule has 0 aromatic carbocycles. The Balaban J connectivity index is 2.75. The molecule has 1 heterocycles. The third kappa shape index (κ3) is 3.08. The molecule has 0 unspecified atom stereocenters. The lowest BCUT2D eigenvalue weighted by molar-refractivity contribution is 0.398. The van der Waals surface area contributed by atoms with Crippen LogP contribution in [-0.4, -0.2) is 23.4 Å². The second-order valence-corrected chi connectivity index (χ2v) is 5.48. The van der Waals surface area contributed by atoms with Crippen molar-refractivity contribution in [2.45, 2.75) is 32.7 Å². The molecule has 0 amide bonds. The van der Waals surface area contributed by atoms with Gasteiger partial charge < -0.3 is 4.90 Å². The molecular formula is C10H18N2S. The van der Waals surface area contributed by atoms with Crippen LogP contribution >= 0.6 is 11.5 Å². The lowest BCUT2D eigenvalue weighted by Gasteiger charge is -2.14. The van der Waals surface area contributed by atoms with Crippen LogP contribution in [0.25, 0.3) is 0 Å². The van der Waals surface area contributed by atoms with E-state index in [2.05, 4.69) is 50.2 Å². The van der Waals surface area contributed by atoms with Crippen LogP contribution in [-0.2, 0) is 12.0 Å². The molecule has 0 fully saturated rings. The lowest BCUT2D eigenvalue weighted by Crippen LogP contribution is -2.11. The van der Waals surface area contributed by atoms with E-state index in [9.17, 15) is 0 Å². The molecule has 0 N–H and O–H groups in total. The minimum absolute atomic E-state index is 0.238. The van der Waals surface area contributed by atoms with Gasteiger partial charge in [-0.2, -0.15) is 4.37 Å². The van der Waals surface area contributed by atoms with Crippen LogP contribution in [0.1, 0.15) is 31.3 Å². The minimum Gasteiger partial charge on any atom is -0.304 e. The van der Waals surface area contributed by atoms with Crippen LogP contribution < -0.4 is 0 Å². The predicted molar refractivity (Wildman–Crippen MR) is 58.2 cm³/mol. The summed E-state index contributed by atoms with van der Waals surface area (Å²) in [5.74, 6) is 0. The maximum Gasteiger partial charge on any atom is 0.0685 e. The van der Waals surface area contributed by atoms with Crippen molar-refractivity contribution in [2.24, 2.45) is 0 Å². The molecule has 0 aliphatic carbocycles. The fraction of sp³-hybridized carbons (Fsp3) is 0.700. The van der Waals surface area contributed by atoms with Crippen molar-refractivity contribution in [3.8, 4) is 0 Å². The van der Waals surface area contributed by atoms with Gasteiger partial charge in [-0.25, -0.2) is 0 Å². The fourth-order valence-corrected chi connectivity index (χ4v) is 1.85. The summed E-state index contributed by atoms with van der Waals surface area (Å²) in [6, 6.07) is 2.21. The Hall–Kier alpha value is -0.410. The van der Waals surface area contributed by atoms with Gasteiger partial charge in [0.15, 0.2) is 0 Å². The highest BCUT2D eigenvalue weighted by molar-refractivity contribution is 7.06. The van der Waals surface area contributed by atoms with Gasteiger partial charge in [-0.05, 0) is 37.1 Å². The molecule has 0 spiro atoms. The van der Waals surface area contributed by atoms with Crippen LogP contribution in [0.5, 0.6) is 0 Å². The van der Waals surface area contributed by atoms with Crippen molar-refractivity contribution in [2.75, 3.05) is 14.1 Å². The Kier molecular flexibility index (Phi) is 3.09. The Morgan fingerprint density at radius 1 is 1.38 bits per heavy atom. The molecule has 3 heteroatoms. The molecule has 0 radical (unpaired) electrons. The van der Waals surface area contributed by atoms with Gasteiger partial charge in [-0.15, -0.1) is 0 Å². The van der Waals surface area contributed by atoms with E-state index in [-0.39, 0.29) is 5.41 Å². The first-order valence-electron chi connectivity index (χ1n) is 4.50. The summed E-state index contributed by atoms with van der Waals surface area (Å²) in [5.41, 5.74) is 1.42. The van der Waals surface area contributed by atoms with Gasteiger partial charge in [0.2, 0.25) is 0 Å². The molecule has 1 aromatic heterocycles. The highest BCUT2D eigenvalue weighted by Gasteiger charge is 2.17. The number of nitrogens with zero attached hydrogens (tertiary/aromatic N) is 2. The van der Waals surface area contributed by atoms with Gasteiger partial charge >= 0.3 is 0 Å². The average molecular weight is 198 g/mol. The zero-order valence-corrected chi connectivity index (χ0v) is 9.90. The standard InChI is InChI=1S/C10H18N2S/c1-10(2,3)9-6-8(11-13-9)7-12(4)5/h6H,7H2,1-5H3. The Morgan fingerprint density at radius 2 is 2.00 bits per heavy atom. The van der Waals surface area contributed by atoms with Gasteiger partial charge in [0.05, 0.1) is 5.69 Å². The average Bonchev–Trinajstić information content (AvgIpc) is 2.32. The SMILES string of the molecule is CN(C)Cc1cc(C(C)(C)C)sn1. The molecule has 74 valence electrons. The van der Waals surface area contributed by atoms with Gasteiger partial charge in [-0.1, -0.05) is 20.8 Å². The van der Waals surface area contributed by atoms with E-state index in [1.807, 2.05) is 0 Å². The molecule has 0 aliphatic rings. The van der Waals surface area contributed by atoms with Crippen molar-refractivity contribution in [1.29, 1.82) is 0 Å². The fourth-order valence-electron chi connectivity index (χ4n) is 1.06. The first kappa shape index (κ1) is 10.7. The van der Waals surface area contributed by atoms with Crippen LogP contribution in [0.4, 0.5) is 0 Å². The van der Waals surface area contributed by atoms with Crippen molar-refractivity contribution < 1.29 is 0 Å². The predicted octanol–water partition coefficient (Wildman–Crippen LogP) is 2.50. The van der Waals surface area contributed by atoms with Gasteiger partial charge in [-0.3, -0.25) is 0 Å². The van der Waals surface area contributed by atoms with Crippen LogP contribution in [0.15, 0.2) is 6.07 Å². The summed E-state index contributed by atoms with van der Waals surface area (Å²) in [6.07, 6.45) is 0. The van der Waals surface area contributed by atoms with E-state index >= 15 is 0 Å². The molecule has 13 heavy (non-hydrogen) atoms. The highest BCUT2D eigenvalue weighted by atomic mass is 32.1. The summed E-state index contributed by atoms with van der Waals surface area (Å²) >= 11 is 1.62. The Bertz CT molecular complexity index is 271. The van der Waals surface area contributed by atoms with Crippen molar-refractivity contribution in [1.82, 2.24) is 9.27 Å². The quantitative estimate of drug-likeness (QED) is 0.726. The zero-order chi connectivity index (χ0) is 10.1. The topological polar surface area (TPSA) is 16.1 Å². The monoisotopic (exact) mass is 198 g/mol. The summed E-state index contributed by atoms with van der Waals surface area (Å²) in [5, 5.41) is 0. The second-order valence-electron chi connectivity index (χ2n) is 4.67. The number of aromatic nitrogens is 1. The van der Waals surface area contributed by atoms with Gasteiger partial charge in [0.25, 0.3) is 0 Å². The van der Waals surface area contributed by atoms with Crippen molar-refractivity contribution >= 4 is 11.5 Å². The molecule has 0 saturated carbocycles. The maximum absolute atomic E-state index is 4.42. The van der Waals surface area contributed by atoms with Crippen LogP contribution in [0.3, 0.4) is 0 Å². The number of hydrogen-bond donors (Lipinski definition) is 0. The largest absolute Gasteiger partial charge is 0.304 e. The molecule has 2 nitrogen and oxygen atoms in total. The number of hydrogen-bond acceptors (Lipinski definition) is 3. The molecule has 0 atom stereocenters. The highest BCUT2D eigenvalue weighted by Crippen LogP contribution is 2.26. The summed E-state index contributed by atoms with van der Waals surface area (Å²) < 4.78 is 4.42. The number of rotatable bonds is 2. The Morgan fingerprint density at radius 3 is 2.38 bits per heavy atom. The molecule has 1 aromatic rings. The first-order chi connectivity index (χ1) is 5.89. The van der Waals surface area contributed by atoms with E-state index in [0.717, 1.165) is 6.54 Å².